The van der Waals surface area contributed by atoms with E-state index in [1.54, 1.807) is 0 Å². The largest absolute Gasteiger partial charge is 0.461 e. The van der Waals surface area contributed by atoms with E-state index in [1.807, 2.05) is 13.8 Å². The number of carbonyl (C=O) groups excluding carboxylic acids is 1. The van der Waals surface area contributed by atoms with Crippen LogP contribution in [-0.2, 0) is 9.53 Å². The Morgan fingerprint density at radius 2 is 1.65 bits per heavy atom. The Labute approximate surface area is 141 Å². The van der Waals surface area contributed by atoms with Gasteiger partial charge in [-0.05, 0) is 51.7 Å². The summed E-state index contributed by atoms with van der Waals surface area (Å²) in [5.41, 5.74) is 2.38. The van der Waals surface area contributed by atoms with Crippen LogP contribution in [0.25, 0.3) is 0 Å². The Balaban J connectivity index is 2.36. The van der Waals surface area contributed by atoms with E-state index in [4.69, 9.17) is 4.74 Å². The SMILES string of the molecule is Cc1ccc(N(C2CCCC2)C(C(=O)OC(C)C)C(C)C)cc1. The first-order valence-corrected chi connectivity index (χ1v) is 8.95. The average Bonchev–Trinajstić information content (AvgIpc) is 2.98. The molecule has 1 aromatic carbocycles. The topological polar surface area (TPSA) is 29.5 Å². The predicted molar refractivity (Wildman–Crippen MR) is 95.8 cm³/mol. The minimum absolute atomic E-state index is 0.0767. The minimum Gasteiger partial charge on any atom is -0.461 e. The molecule has 0 spiro atoms. The fourth-order valence-corrected chi connectivity index (χ4v) is 3.51. The third-order valence-electron chi connectivity index (χ3n) is 4.57. The quantitative estimate of drug-likeness (QED) is 0.711. The van der Waals surface area contributed by atoms with Gasteiger partial charge >= 0.3 is 5.97 Å². The van der Waals surface area contributed by atoms with Crippen molar-refractivity contribution < 1.29 is 9.53 Å². The van der Waals surface area contributed by atoms with Crippen LogP contribution in [-0.4, -0.2) is 24.2 Å². The first-order chi connectivity index (χ1) is 10.9. The molecule has 0 radical (unpaired) electrons. The first-order valence-electron chi connectivity index (χ1n) is 8.95. The highest BCUT2D eigenvalue weighted by Gasteiger charge is 2.36. The highest BCUT2D eigenvalue weighted by atomic mass is 16.5. The van der Waals surface area contributed by atoms with Gasteiger partial charge in [0.25, 0.3) is 0 Å². The number of benzene rings is 1. The number of anilines is 1. The number of esters is 1. The third-order valence-corrected chi connectivity index (χ3v) is 4.57. The van der Waals surface area contributed by atoms with Crippen molar-refractivity contribution in [2.45, 2.75) is 78.5 Å². The number of nitrogens with zero attached hydrogens (tertiary/aromatic N) is 1. The Morgan fingerprint density at radius 1 is 1.09 bits per heavy atom. The number of aryl methyl sites for hydroxylation is 1. The number of ether oxygens (including phenoxy) is 1. The smallest absolute Gasteiger partial charge is 0.329 e. The Kier molecular flexibility index (Phi) is 6.09. The van der Waals surface area contributed by atoms with E-state index >= 15 is 0 Å². The second-order valence-electron chi connectivity index (χ2n) is 7.36. The van der Waals surface area contributed by atoms with Crippen LogP contribution < -0.4 is 4.90 Å². The van der Waals surface area contributed by atoms with Crippen LogP contribution in [0.3, 0.4) is 0 Å². The highest BCUT2D eigenvalue weighted by molar-refractivity contribution is 5.81. The number of hydrogen-bond donors (Lipinski definition) is 0. The molecule has 0 N–H and O–H groups in total. The van der Waals surface area contributed by atoms with E-state index in [0.29, 0.717) is 6.04 Å². The van der Waals surface area contributed by atoms with Gasteiger partial charge in [-0.3, -0.25) is 0 Å². The molecular formula is C20H31NO2. The van der Waals surface area contributed by atoms with Crippen LogP contribution >= 0.6 is 0 Å². The molecule has 0 amide bonds. The van der Waals surface area contributed by atoms with Crippen molar-refractivity contribution in [3.8, 4) is 0 Å². The Hall–Kier alpha value is -1.51. The molecule has 128 valence electrons. The predicted octanol–water partition coefficient (Wildman–Crippen LogP) is 4.72. The number of rotatable bonds is 6. The first kappa shape index (κ1) is 17.8. The maximum Gasteiger partial charge on any atom is 0.329 e. The zero-order valence-electron chi connectivity index (χ0n) is 15.2. The van der Waals surface area contributed by atoms with Gasteiger partial charge in [0.15, 0.2) is 0 Å². The summed E-state index contributed by atoms with van der Waals surface area (Å²) in [4.78, 5) is 15.1. The second-order valence-corrected chi connectivity index (χ2v) is 7.36. The van der Waals surface area contributed by atoms with Gasteiger partial charge in [0.2, 0.25) is 0 Å². The average molecular weight is 317 g/mol. The normalized spacial score (nSPS) is 16.8. The van der Waals surface area contributed by atoms with Gasteiger partial charge in [-0.25, -0.2) is 4.79 Å². The molecule has 23 heavy (non-hydrogen) atoms. The molecule has 3 nitrogen and oxygen atoms in total. The summed E-state index contributed by atoms with van der Waals surface area (Å²) in [6, 6.07) is 8.76. The lowest BCUT2D eigenvalue weighted by Crippen LogP contribution is -2.50. The fraction of sp³-hybridized carbons (Fsp3) is 0.650. The number of hydrogen-bond acceptors (Lipinski definition) is 3. The summed E-state index contributed by atoms with van der Waals surface area (Å²) in [5.74, 6) is 0.116. The van der Waals surface area contributed by atoms with Crippen LogP contribution in [0.15, 0.2) is 24.3 Å². The molecular weight excluding hydrogens is 286 g/mol. The lowest BCUT2D eigenvalue weighted by atomic mass is 9.98. The molecule has 1 fully saturated rings. The summed E-state index contributed by atoms with van der Waals surface area (Å²) in [7, 11) is 0. The van der Waals surface area contributed by atoms with Crippen LogP contribution in [0.1, 0.15) is 58.9 Å². The van der Waals surface area contributed by atoms with E-state index < -0.39 is 0 Å². The van der Waals surface area contributed by atoms with E-state index in [9.17, 15) is 4.79 Å². The monoisotopic (exact) mass is 317 g/mol. The summed E-state index contributed by atoms with van der Waals surface area (Å²) < 4.78 is 5.58. The zero-order valence-corrected chi connectivity index (χ0v) is 15.2. The van der Waals surface area contributed by atoms with Crippen LogP contribution in [0.4, 0.5) is 5.69 Å². The maximum atomic E-state index is 12.8. The van der Waals surface area contributed by atoms with E-state index in [-0.39, 0.29) is 24.0 Å². The van der Waals surface area contributed by atoms with Crippen molar-refractivity contribution in [1.82, 2.24) is 0 Å². The lowest BCUT2D eigenvalue weighted by Gasteiger charge is -2.39. The van der Waals surface area contributed by atoms with Crippen molar-refractivity contribution in [3.05, 3.63) is 29.8 Å². The van der Waals surface area contributed by atoms with Crippen LogP contribution in [0.5, 0.6) is 0 Å². The summed E-state index contributed by atoms with van der Waals surface area (Å²) in [5, 5.41) is 0. The zero-order chi connectivity index (χ0) is 17.0. The van der Waals surface area contributed by atoms with E-state index in [2.05, 4.69) is 49.9 Å². The third kappa shape index (κ3) is 4.49. The Morgan fingerprint density at radius 3 is 2.13 bits per heavy atom. The van der Waals surface area contributed by atoms with Crippen molar-refractivity contribution in [2.75, 3.05) is 4.90 Å². The summed E-state index contributed by atoms with van der Waals surface area (Å²) >= 11 is 0. The molecule has 1 aromatic rings. The molecule has 1 aliphatic rings. The molecule has 1 aliphatic carbocycles. The minimum atomic E-state index is -0.219. The van der Waals surface area contributed by atoms with E-state index in [1.165, 1.54) is 18.4 Å². The molecule has 3 heteroatoms. The molecule has 2 rings (SSSR count). The van der Waals surface area contributed by atoms with Gasteiger partial charge in [0, 0.05) is 11.7 Å². The lowest BCUT2D eigenvalue weighted by molar-refractivity contribution is -0.150. The van der Waals surface area contributed by atoms with Gasteiger partial charge in [0.1, 0.15) is 6.04 Å². The molecule has 1 unspecified atom stereocenters. The van der Waals surface area contributed by atoms with Crippen LogP contribution in [0, 0.1) is 12.8 Å². The summed E-state index contributed by atoms with van der Waals surface area (Å²) in [6.07, 6.45) is 4.74. The molecule has 0 heterocycles. The standard InChI is InChI=1S/C20H31NO2/c1-14(2)19(20(22)23-15(3)4)21(17-8-6-7-9-17)18-12-10-16(5)11-13-18/h10-15,17,19H,6-9H2,1-5H3. The van der Waals surface area contributed by atoms with Crippen molar-refractivity contribution in [3.63, 3.8) is 0 Å². The maximum absolute atomic E-state index is 12.8. The molecule has 1 atom stereocenters. The number of carbonyl (C=O) groups is 1. The molecule has 0 aromatic heterocycles. The fourth-order valence-electron chi connectivity index (χ4n) is 3.51. The summed E-state index contributed by atoms with van der Waals surface area (Å²) in [6.45, 7) is 10.2. The van der Waals surface area contributed by atoms with Crippen molar-refractivity contribution >= 4 is 11.7 Å². The van der Waals surface area contributed by atoms with Gasteiger partial charge in [0.05, 0.1) is 6.10 Å². The van der Waals surface area contributed by atoms with E-state index in [0.717, 1.165) is 18.5 Å². The Bertz CT molecular complexity index is 501. The van der Waals surface area contributed by atoms with Crippen molar-refractivity contribution in [1.29, 1.82) is 0 Å². The second kappa shape index (κ2) is 7.85. The molecule has 0 saturated heterocycles. The van der Waals surface area contributed by atoms with Gasteiger partial charge in [-0.2, -0.15) is 0 Å². The van der Waals surface area contributed by atoms with Crippen LogP contribution in [0.2, 0.25) is 0 Å². The van der Waals surface area contributed by atoms with Gasteiger partial charge in [-0.1, -0.05) is 44.4 Å². The highest BCUT2D eigenvalue weighted by Crippen LogP contribution is 2.33. The molecule has 0 aliphatic heterocycles. The van der Waals surface area contributed by atoms with Gasteiger partial charge < -0.3 is 9.64 Å². The molecule has 1 saturated carbocycles. The van der Waals surface area contributed by atoms with Gasteiger partial charge in [-0.15, -0.1) is 0 Å². The van der Waals surface area contributed by atoms with Crippen molar-refractivity contribution in [2.24, 2.45) is 5.92 Å². The molecule has 0 bridgehead atoms.